The van der Waals surface area contributed by atoms with Gasteiger partial charge in [-0.25, -0.2) is 4.79 Å². The fourth-order valence-corrected chi connectivity index (χ4v) is 7.63. The molecule has 0 saturated carbocycles. The second kappa shape index (κ2) is 14.2. The van der Waals surface area contributed by atoms with E-state index in [1.807, 2.05) is 48.5 Å². The number of hydrogen-bond acceptors (Lipinski definition) is 6. The number of piperidine rings is 1. The third-order valence-corrected chi connectivity index (χ3v) is 14.8. The Kier molecular flexibility index (Phi) is 10.5. The van der Waals surface area contributed by atoms with Gasteiger partial charge in [-0.15, -0.1) is 10.2 Å². The molecular formula is C36H53N5O3Si. The number of fused-ring (bicyclic) bond motifs is 2. The summed E-state index contributed by atoms with van der Waals surface area (Å²) in [6.07, 6.45) is 5.04. The van der Waals surface area contributed by atoms with E-state index in [-0.39, 0.29) is 23.8 Å². The van der Waals surface area contributed by atoms with E-state index in [0.29, 0.717) is 30.7 Å². The Morgan fingerprint density at radius 1 is 0.933 bits per heavy atom. The summed E-state index contributed by atoms with van der Waals surface area (Å²) in [6.45, 7) is 17.6. The summed E-state index contributed by atoms with van der Waals surface area (Å²) in [4.78, 5) is 15.6. The second-order valence-electron chi connectivity index (χ2n) is 14.8. The van der Waals surface area contributed by atoms with Crippen LogP contribution in [0.25, 0.3) is 0 Å². The quantitative estimate of drug-likeness (QED) is 0.203. The molecule has 2 aromatic carbocycles. The first kappa shape index (κ1) is 33.4. The fourth-order valence-electron chi connectivity index (χ4n) is 6.70. The Morgan fingerprint density at radius 3 is 2.16 bits per heavy atom. The van der Waals surface area contributed by atoms with E-state index in [0.717, 1.165) is 48.6 Å². The lowest BCUT2D eigenvalue weighted by atomic mass is 9.95. The summed E-state index contributed by atoms with van der Waals surface area (Å²) in [5, 5.41) is 12.7. The minimum absolute atomic E-state index is 0.115. The van der Waals surface area contributed by atoms with E-state index >= 15 is 0 Å². The van der Waals surface area contributed by atoms with Crippen LogP contribution in [0.4, 0.5) is 4.79 Å². The highest BCUT2D eigenvalue weighted by atomic mass is 28.4. The molecule has 0 aliphatic carbocycles. The molecule has 244 valence electrons. The SMILES string of the molecule is CC(C)c1nnc(CO[Si](C)(C)C(C)(C)C)n1C1CC2CCC(C1)N2CCC(NC(=O)OCc1ccccc1)c1ccccc1. The van der Waals surface area contributed by atoms with Crippen molar-refractivity contribution in [3.63, 3.8) is 0 Å². The number of benzene rings is 2. The summed E-state index contributed by atoms with van der Waals surface area (Å²) in [5.74, 6) is 2.35. The van der Waals surface area contributed by atoms with E-state index < -0.39 is 8.32 Å². The molecule has 1 amide bonds. The summed E-state index contributed by atoms with van der Waals surface area (Å²) in [5.41, 5.74) is 2.08. The monoisotopic (exact) mass is 631 g/mol. The Hall–Kier alpha value is -3.01. The molecule has 0 spiro atoms. The Morgan fingerprint density at radius 2 is 1.56 bits per heavy atom. The summed E-state index contributed by atoms with van der Waals surface area (Å²) in [6, 6.07) is 21.4. The van der Waals surface area contributed by atoms with E-state index in [1.54, 1.807) is 0 Å². The van der Waals surface area contributed by atoms with Crippen LogP contribution in [-0.4, -0.2) is 52.7 Å². The first-order valence-corrected chi connectivity index (χ1v) is 19.7. The van der Waals surface area contributed by atoms with Crippen LogP contribution in [-0.2, 0) is 22.4 Å². The van der Waals surface area contributed by atoms with Crippen molar-refractivity contribution in [2.45, 2.75) is 128 Å². The van der Waals surface area contributed by atoms with Crippen molar-refractivity contribution < 1.29 is 14.0 Å². The van der Waals surface area contributed by atoms with Crippen molar-refractivity contribution in [2.75, 3.05) is 6.54 Å². The van der Waals surface area contributed by atoms with Gasteiger partial charge < -0.3 is 19.0 Å². The van der Waals surface area contributed by atoms with E-state index in [2.05, 4.69) is 84.8 Å². The third-order valence-electron chi connectivity index (χ3n) is 10.3. The van der Waals surface area contributed by atoms with Crippen LogP contribution in [0.3, 0.4) is 0 Å². The van der Waals surface area contributed by atoms with Crippen LogP contribution in [0.1, 0.15) is 108 Å². The first-order valence-electron chi connectivity index (χ1n) is 16.8. The van der Waals surface area contributed by atoms with Gasteiger partial charge in [0, 0.05) is 30.6 Å². The number of carbonyl (C=O) groups is 1. The van der Waals surface area contributed by atoms with E-state index in [9.17, 15) is 4.79 Å². The zero-order chi connectivity index (χ0) is 32.2. The van der Waals surface area contributed by atoms with E-state index in [4.69, 9.17) is 9.16 Å². The summed E-state index contributed by atoms with van der Waals surface area (Å²) in [7, 11) is -1.92. The molecule has 3 atom stereocenters. The number of nitrogens with one attached hydrogen (secondary N) is 1. The predicted octanol–water partition coefficient (Wildman–Crippen LogP) is 8.15. The molecule has 3 aromatic rings. The van der Waals surface area contributed by atoms with Crippen LogP contribution in [0.5, 0.6) is 0 Å². The molecule has 45 heavy (non-hydrogen) atoms. The minimum atomic E-state index is -1.92. The number of amides is 1. The van der Waals surface area contributed by atoms with Gasteiger partial charge in [0.1, 0.15) is 12.4 Å². The fraction of sp³-hybridized carbons (Fsp3) is 0.583. The maximum absolute atomic E-state index is 12.9. The number of hydrogen-bond donors (Lipinski definition) is 1. The molecule has 2 aliphatic heterocycles. The predicted molar refractivity (Wildman–Crippen MR) is 181 cm³/mol. The van der Waals surface area contributed by atoms with Crippen LogP contribution in [0.15, 0.2) is 60.7 Å². The zero-order valence-electron chi connectivity index (χ0n) is 28.3. The molecule has 3 unspecified atom stereocenters. The summed E-state index contributed by atoms with van der Waals surface area (Å²) >= 11 is 0. The average Bonchev–Trinajstić information content (AvgIpc) is 3.54. The van der Waals surface area contributed by atoms with Crippen molar-refractivity contribution >= 4 is 14.4 Å². The molecule has 1 aromatic heterocycles. The van der Waals surface area contributed by atoms with Crippen molar-refractivity contribution in [1.29, 1.82) is 0 Å². The van der Waals surface area contributed by atoms with Gasteiger partial charge in [-0.3, -0.25) is 4.90 Å². The van der Waals surface area contributed by atoms with Gasteiger partial charge in [-0.2, -0.15) is 0 Å². The first-order chi connectivity index (χ1) is 21.4. The van der Waals surface area contributed by atoms with Gasteiger partial charge in [-0.05, 0) is 61.4 Å². The molecule has 2 saturated heterocycles. The van der Waals surface area contributed by atoms with Gasteiger partial charge in [0.05, 0.1) is 12.6 Å². The van der Waals surface area contributed by atoms with Gasteiger partial charge in [0.2, 0.25) is 0 Å². The molecule has 9 heteroatoms. The van der Waals surface area contributed by atoms with Crippen molar-refractivity contribution in [2.24, 2.45) is 0 Å². The Bertz CT molecular complexity index is 1370. The molecule has 5 rings (SSSR count). The maximum Gasteiger partial charge on any atom is 0.407 e. The Balaban J connectivity index is 1.25. The molecule has 2 aliphatic rings. The number of ether oxygens (including phenoxy) is 1. The number of aromatic nitrogens is 3. The van der Waals surface area contributed by atoms with Crippen LogP contribution >= 0.6 is 0 Å². The number of nitrogens with zero attached hydrogens (tertiary/aromatic N) is 4. The Labute approximate surface area is 271 Å². The smallest absolute Gasteiger partial charge is 0.407 e. The largest absolute Gasteiger partial charge is 0.445 e. The van der Waals surface area contributed by atoms with Gasteiger partial charge in [-0.1, -0.05) is 95.3 Å². The molecular weight excluding hydrogens is 579 g/mol. The molecule has 2 fully saturated rings. The highest BCUT2D eigenvalue weighted by Crippen LogP contribution is 2.43. The van der Waals surface area contributed by atoms with Gasteiger partial charge >= 0.3 is 6.09 Å². The van der Waals surface area contributed by atoms with Crippen LogP contribution in [0.2, 0.25) is 18.1 Å². The van der Waals surface area contributed by atoms with Crippen molar-refractivity contribution in [3.8, 4) is 0 Å². The maximum atomic E-state index is 12.9. The number of rotatable bonds is 12. The van der Waals surface area contributed by atoms with E-state index in [1.165, 1.54) is 12.8 Å². The molecule has 1 N–H and O–H groups in total. The molecule has 0 radical (unpaired) electrons. The zero-order valence-corrected chi connectivity index (χ0v) is 29.3. The molecule has 3 heterocycles. The average molecular weight is 632 g/mol. The highest BCUT2D eigenvalue weighted by molar-refractivity contribution is 6.74. The lowest BCUT2D eigenvalue weighted by Gasteiger charge is -2.41. The van der Waals surface area contributed by atoms with Crippen molar-refractivity contribution in [1.82, 2.24) is 25.0 Å². The van der Waals surface area contributed by atoms with Gasteiger partial charge in [0.25, 0.3) is 0 Å². The lowest BCUT2D eigenvalue weighted by Crippen LogP contribution is -2.45. The summed E-state index contributed by atoms with van der Waals surface area (Å²) < 4.78 is 14.7. The topological polar surface area (TPSA) is 81.5 Å². The van der Waals surface area contributed by atoms with Crippen LogP contribution < -0.4 is 5.32 Å². The second-order valence-corrected chi connectivity index (χ2v) is 19.6. The number of carbonyl (C=O) groups excluding carboxylic acids is 1. The molecule has 8 nitrogen and oxygen atoms in total. The molecule has 2 bridgehead atoms. The third kappa shape index (κ3) is 8.05. The van der Waals surface area contributed by atoms with Crippen molar-refractivity contribution in [3.05, 3.63) is 83.4 Å². The van der Waals surface area contributed by atoms with Gasteiger partial charge in [0.15, 0.2) is 14.1 Å². The minimum Gasteiger partial charge on any atom is -0.445 e. The normalized spacial score (nSPS) is 21.2. The number of alkyl carbamates (subject to hydrolysis) is 1. The lowest BCUT2D eigenvalue weighted by molar-refractivity contribution is 0.0958. The highest BCUT2D eigenvalue weighted by Gasteiger charge is 2.43. The van der Waals surface area contributed by atoms with Crippen LogP contribution in [0, 0.1) is 0 Å². The standard InChI is InChI=1S/C36H53N5O3Si/c1-26(2)34-39-38-33(25-44-45(6,7)36(3,4)5)41(34)31-22-29-18-19-30(23-31)40(29)21-20-32(28-16-12-9-13-17-28)37-35(42)43-24-27-14-10-8-11-15-27/h8-17,26,29-32H,18-25H2,1-7H3,(H,37,42).